The average molecular weight is 461 g/mol. The van der Waals surface area contributed by atoms with Crippen LogP contribution in [0.3, 0.4) is 0 Å². The summed E-state index contributed by atoms with van der Waals surface area (Å²) in [7, 11) is 0. The molecular weight excluding hydrogens is 432 g/mol. The third-order valence-corrected chi connectivity index (χ3v) is 7.03. The number of rotatable bonds is 7. The Balaban J connectivity index is 1.46. The van der Waals surface area contributed by atoms with Crippen LogP contribution in [0.1, 0.15) is 60.0 Å². The minimum atomic E-state index is -1.44. The summed E-state index contributed by atoms with van der Waals surface area (Å²) in [5.41, 5.74) is 3.90. The highest BCUT2D eigenvalue weighted by molar-refractivity contribution is 6.32. The van der Waals surface area contributed by atoms with Gasteiger partial charge in [0.25, 0.3) is 0 Å². The molecule has 4 N–H and O–H groups in total. The summed E-state index contributed by atoms with van der Waals surface area (Å²) in [6.45, 7) is -0.472. The number of aliphatic hydroxyl groups excluding tert-OH is 4. The van der Waals surface area contributed by atoms with E-state index in [1.807, 2.05) is 6.07 Å². The maximum atomic E-state index is 10.6. The van der Waals surface area contributed by atoms with Crippen molar-refractivity contribution in [3.63, 3.8) is 0 Å². The van der Waals surface area contributed by atoms with E-state index in [1.165, 1.54) is 18.4 Å². The van der Waals surface area contributed by atoms with Gasteiger partial charge in [-0.25, -0.2) is 0 Å². The predicted molar refractivity (Wildman–Crippen MR) is 119 cm³/mol. The SMILES string of the molecule is OC[C@H]1O[C@@H](c2cc(Cc3ccc(C4CC4)cc3)c(Cl)c(OC3CC3)c2)[C@H](O)C(O)[C@@H]1O. The molecule has 3 fully saturated rings. The summed E-state index contributed by atoms with van der Waals surface area (Å²) < 4.78 is 11.8. The molecule has 1 saturated heterocycles. The topological polar surface area (TPSA) is 99.4 Å². The van der Waals surface area contributed by atoms with E-state index < -0.39 is 37.1 Å². The number of hydrogen-bond acceptors (Lipinski definition) is 6. The van der Waals surface area contributed by atoms with Gasteiger partial charge >= 0.3 is 0 Å². The molecule has 0 bridgehead atoms. The molecule has 2 aromatic carbocycles. The Hall–Kier alpha value is -1.67. The minimum absolute atomic E-state index is 0.128. The van der Waals surface area contributed by atoms with Gasteiger partial charge in [-0.2, -0.15) is 0 Å². The van der Waals surface area contributed by atoms with Gasteiger partial charge in [-0.15, -0.1) is 0 Å². The fraction of sp³-hybridized carbons (Fsp3) is 0.520. The van der Waals surface area contributed by atoms with Crippen molar-refractivity contribution in [3.05, 3.63) is 63.7 Å². The van der Waals surface area contributed by atoms with Gasteiger partial charge in [-0.1, -0.05) is 41.9 Å². The zero-order valence-corrected chi connectivity index (χ0v) is 18.5. The smallest absolute Gasteiger partial charge is 0.138 e. The van der Waals surface area contributed by atoms with Gasteiger partial charge in [0.1, 0.15) is 36.3 Å². The largest absolute Gasteiger partial charge is 0.489 e. The second-order valence-electron chi connectivity index (χ2n) is 9.25. The molecule has 7 heteroatoms. The molecule has 32 heavy (non-hydrogen) atoms. The number of benzene rings is 2. The van der Waals surface area contributed by atoms with Crippen molar-refractivity contribution in [2.75, 3.05) is 6.61 Å². The van der Waals surface area contributed by atoms with Crippen molar-refractivity contribution in [3.8, 4) is 5.75 Å². The average Bonchev–Trinajstić information content (AvgIpc) is 3.70. The highest BCUT2D eigenvalue weighted by atomic mass is 35.5. The lowest BCUT2D eigenvalue weighted by molar-refractivity contribution is -0.231. The Morgan fingerprint density at radius 2 is 1.62 bits per heavy atom. The molecule has 0 radical (unpaired) electrons. The van der Waals surface area contributed by atoms with Crippen LogP contribution >= 0.6 is 11.6 Å². The maximum Gasteiger partial charge on any atom is 0.138 e. The van der Waals surface area contributed by atoms with Gasteiger partial charge < -0.3 is 29.9 Å². The Morgan fingerprint density at radius 1 is 0.906 bits per heavy atom. The van der Waals surface area contributed by atoms with E-state index in [0.29, 0.717) is 28.7 Å². The first kappa shape index (κ1) is 22.1. The lowest BCUT2D eigenvalue weighted by Crippen LogP contribution is -2.55. The number of halogens is 1. The fourth-order valence-electron chi connectivity index (χ4n) is 4.34. The van der Waals surface area contributed by atoms with E-state index >= 15 is 0 Å². The van der Waals surface area contributed by atoms with Crippen LogP contribution in [0.2, 0.25) is 5.02 Å². The molecule has 1 unspecified atom stereocenters. The lowest BCUT2D eigenvalue weighted by atomic mass is 9.90. The van der Waals surface area contributed by atoms with Crippen molar-refractivity contribution in [1.82, 2.24) is 0 Å². The van der Waals surface area contributed by atoms with Crippen molar-refractivity contribution < 1.29 is 29.9 Å². The summed E-state index contributed by atoms with van der Waals surface area (Å²) >= 11 is 6.72. The van der Waals surface area contributed by atoms with Crippen molar-refractivity contribution >= 4 is 11.6 Å². The zero-order valence-electron chi connectivity index (χ0n) is 17.7. The molecule has 2 saturated carbocycles. The van der Waals surface area contributed by atoms with E-state index in [-0.39, 0.29) is 6.10 Å². The summed E-state index contributed by atoms with van der Waals surface area (Å²) in [5.74, 6) is 1.22. The first-order valence-corrected chi connectivity index (χ1v) is 11.7. The maximum absolute atomic E-state index is 10.6. The molecule has 2 aromatic rings. The predicted octanol–water partition coefficient (Wildman–Crippen LogP) is 2.86. The summed E-state index contributed by atoms with van der Waals surface area (Å²) in [6, 6.07) is 12.2. The van der Waals surface area contributed by atoms with Crippen LogP contribution < -0.4 is 4.74 Å². The molecule has 3 aliphatic rings. The molecule has 1 aliphatic heterocycles. The van der Waals surface area contributed by atoms with E-state index in [2.05, 4.69) is 24.3 Å². The van der Waals surface area contributed by atoms with Crippen molar-refractivity contribution in [2.24, 2.45) is 0 Å². The second-order valence-corrected chi connectivity index (χ2v) is 9.63. The van der Waals surface area contributed by atoms with Crippen LogP contribution in [0.25, 0.3) is 0 Å². The van der Waals surface area contributed by atoms with Gasteiger partial charge in [0.15, 0.2) is 0 Å². The second kappa shape index (κ2) is 8.93. The third-order valence-electron chi connectivity index (χ3n) is 6.60. The molecule has 172 valence electrons. The molecule has 0 aromatic heterocycles. The van der Waals surface area contributed by atoms with E-state index in [4.69, 9.17) is 21.1 Å². The van der Waals surface area contributed by atoms with Gasteiger partial charge in [0.2, 0.25) is 0 Å². The summed E-state index contributed by atoms with van der Waals surface area (Å²) in [4.78, 5) is 0. The van der Waals surface area contributed by atoms with Gasteiger partial charge in [0.05, 0.1) is 17.7 Å². The molecule has 1 heterocycles. The first-order valence-electron chi connectivity index (χ1n) is 11.3. The lowest BCUT2D eigenvalue weighted by Gasteiger charge is -2.40. The van der Waals surface area contributed by atoms with E-state index in [0.717, 1.165) is 24.0 Å². The zero-order chi connectivity index (χ0) is 22.4. The Kier molecular flexibility index (Phi) is 6.18. The fourth-order valence-corrected chi connectivity index (χ4v) is 4.57. The minimum Gasteiger partial charge on any atom is -0.489 e. The van der Waals surface area contributed by atoms with Crippen LogP contribution in [0.15, 0.2) is 36.4 Å². The number of aliphatic hydroxyl groups is 4. The molecule has 2 aliphatic carbocycles. The first-order chi connectivity index (χ1) is 15.4. The molecule has 5 atom stereocenters. The standard InChI is InChI=1S/C25H29ClO6/c26-21-16(9-13-1-3-14(4-2-13)15-5-6-15)10-17(11-19(21)31-18-7-8-18)25-24(30)23(29)22(28)20(12-27)32-25/h1-4,10-11,15,18,20,22-25,27-30H,5-9,12H2/t20-,22-,23?,24-,25+/m1/s1. The summed E-state index contributed by atoms with van der Waals surface area (Å²) in [6.07, 6.45) is -0.925. The quantitative estimate of drug-likeness (QED) is 0.507. The third kappa shape index (κ3) is 4.53. The van der Waals surface area contributed by atoms with Crippen LogP contribution in [-0.2, 0) is 11.2 Å². The van der Waals surface area contributed by atoms with Crippen LogP contribution in [-0.4, -0.2) is 57.6 Å². The molecular formula is C25H29ClO6. The Morgan fingerprint density at radius 3 is 2.25 bits per heavy atom. The van der Waals surface area contributed by atoms with Crippen LogP contribution in [0.4, 0.5) is 0 Å². The highest BCUT2D eigenvalue weighted by Gasteiger charge is 2.44. The normalized spacial score (nSPS) is 30.3. The molecule has 6 nitrogen and oxygen atoms in total. The Bertz CT molecular complexity index is 954. The van der Waals surface area contributed by atoms with E-state index in [1.54, 1.807) is 6.07 Å². The van der Waals surface area contributed by atoms with Crippen molar-refractivity contribution in [2.45, 2.75) is 74.6 Å². The van der Waals surface area contributed by atoms with Crippen molar-refractivity contribution in [1.29, 1.82) is 0 Å². The molecule has 0 spiro atoms. The monoisotopic (exact) mass is 460 g/mol. The van der Waals surface area contributed by atoms with Gasteiger partial charge in [0, 0.05) is 0 Å². The Labute approximate surface area is 192 Å². The van der Waals surface area contributed by atoms with Gasteiger partial charge in [-0.3, -0.25) is 0 Å². The summed E-state index contributed by atoms with van der Waals surface area (Å²) in [5, 5.41) is 41.0. The van der Waals surface area contributed by atoms with Crippen LogP contribution in [0.5, 0.6) is 5.75 Å². The molecule has 0 amide bonds. The van der Waals surface area contributed by atoms with Gasteiger partial charge in [-0.05, 0) is 66.3 Å². The highest BCUT2D eigenvalue weighted by Crippen LogP contribution is 2.42. The van der Waals surface area contributed by atoms with Crippen LogP contribution in [0, 0.1) is 0 Å². The number of ether oxygens (including phenoxy) is 2. The number of hydrogen-bond donors (Lipinski definition) is 4. The van der Waals surface area contributed by atoms with E-state index in [9.17, 15) is 20.4 Å². The molecule has 5 rings (SSSR count).